The first-order valence-corrected chi connectivity index (χ1v) is 11.4. The zero-order chi connectivity index (χ0) is 24.1. The lowest BCUT2D eigenvalue weighted by molar-refractivity contribution is -0.120. The summed E-state index contributed by atoms with van der Waals surface area (Å²) in [5.74, 6) is 0.526. The average molecular weight is 457 g/mol. The molecule has 3 aromatic carbocycles. The number of amides is 2. The van der Waals surface area contributed by atoms with E-state index in [-0.39, 0.29) is 11.6 Å². The number of hydrogen-bond acceptors (Lipinski definition) is 5. The Kier molecular flexibility index (Phi) is 6.97. The molecule has 6 heteroatoms. The minimum Gasteiger partial charge on any atom is -0.494 e. The molecular weight excluding hydrogens is 428 g/mol. The Bertz CT molecular complexity index is 1210. The van der Waals surface area contributed by atoms with Crippen LogP contribution in [0.3, 0.4) is 0 Å². The molecule has 1 heterocycles. The molecule has 1 aliphatic rings. The molecule has 0 saturated carbocycles. The second kappa shape index (κ2) is 10.3. The summed E-state index contributed by atoms with van der Waals surface area (Å²) < 4.78 is 11.4. The van der Waals surface area contributed by atoms with E-state index < -0.39 is 5.91 Å². The predicted molar refractivity (Wildman–Crippen MR) is 134 cm³/mol. The molecule has 2 amide bonds. The number of ether oxygens (including phenoxy) is 2. The molecule has 0 radical (unpaired) electrons. The SMILES string of the molecule is CCCOc1ccc(C2=C(Nc3ccccc3OCC)C(=O)N(c3ccc(C)cc3)C2=O)cc1. The van der Waals surface area contributed by atoms with Crippen LogP contribution in [0.1, 0.15) is 31.4 Å². The summed E-state index contributed by atoms with van der Waals surface area (Å²) >= 11 is 0. The Morgan fingerprint density at radius 3 is 2.21 bits per heavy atom. The van der Waals surface area contributed by atoms with E-state index in [0.29, 0.717) is 41.5 Å². The van der Waals surface area contributed by atoms with Crippen LogP contribution in [-0.4, -0.2) is 25.0 Å². The van der Waals surface area contributed by atoms with E-state index in [1.165, 1.54) is 4.90 Å². The highest BCUT2D eigenvalue weighted by Gasteiger charge is 2.40. The number of aryl methyl sites for hydroxylation is 1. The Labute approximate surface area is 199 Å². The van der Waals surface area contributed by atoms with E-state index in [0.717, 1.165) is 17.7 Å². The molecule has 0 aromatic heterocycles. The van der Waals surface area contributed by atoms with Crippen LogP contribution >= 0.6 is 0 Å². The van der Waals surface area contributed by atoms with E-state index in [1.54, 1.807) is 24.3 Å². The molecule has 34 heavy (non-hydrogen) atoms. The molecule has 0 bridgehead atoms. The average Bonchev–Trinajstić information content (AvgIpc) is 3.09. The molecule has 174 valence electrons. The zero-order valence-electron chi connectivity index (χ0n) is 19.6. The van der Waals surface area contributed by atoms with E-state index in [2.05, 4.69) is 5.32 Å². The number of imide groups is 1. The molecule has 0 aliphatic carbocycles. The lowest BCUT2D eigenvalue weighted by Crippen LogP contribution is -2.32. The fourth-order valence-electron chi connectivity index (χ4n) is 3.77. The molecule has 0 fully saturated rings. The van der Waals surface area contributed by atoms with Gasteiger partial charge in [0.05, 0.1) is 30.2 Å². The van der Waals surface area contributed by atoms with Gasteiger partial charge in [-0.05, 0) is 62.2 Å². The van der Waals surface area contributed by atoms with Gasteiger partial charge in [-0.2, -0.15) is 0 Å². The third kappa shape index (κ3) is 4.66. The molecule has 1 N–H and O–H groups in total. The van der Waals surface area contributed by atoms with Gasteiger partial charge in [0.1, 0.15) is 17.2 Å². The summed E-state index contributed by atoms with van der Waals surface area (Å²) in [6.07, 6.45) is 0.901. The van der Waals surface area contributed by atoms with Crippen LogP contribution in [-0.2, 0) is 9.59 Å². The van der Waals surface area contributed by atoms with Crippen LogP contribution < -0.4 is 19.7 Å². The van der Waals surface area contributed by atoms with Crippen LogP contribution in [0.25, 0.3) is 5.57 Å². The fourth-order valence-corrected chi connectivity index (χ4v) is 3.77. The van der Waals surface area contributed by atoms with Crippen molar-refractivity contribution in [3.63, 3.8) is 0 Å². The first-order chi connectivity index (χ1) is 16.5. The summed E-state index contributed by atoms with van der Waals surface area (Å²) in [6, 6.07) is 21.9. The largest absolute Gasteiger partial charge is 0.494 e. The van der Waals surface area contributed by atoms with Gasteiger partial charge in [0.25, 0.3) is 11.8 Å². The maximum Gasteiger partial charge on any atom is 0.282 e. The van der Waals surface area contributed by atoms with Gasteiger partial charge in [0.15, 0.2) is 0 Å². The summed E-state index contributed by atoms with van der Waals surface area (Å²) in [5, 5.41) is 3.19. The van der Waals surface area contributed by atoms with Crippen molar-refractivity contribution in [3.8, 4) is 11.5 Å². The van der Waals surface area contributed by atoms with Crippen molar-refractivity contribution in [1.82, 2.24) is 0 Å². The fraction of sp³-hybridized carbons (Fsp3) is 0.214. The second-order valence-electron chi connectivity index (χ2n) is 7.96. The Balaban J connectivity index is 1.77. The highest BCUT2D eigenvalue weighted by atomic mass is 16.5. The summed E-state index contributed by atoms with van der Waals surface area (Å²) in [4.78, 5) is 28.4. The molecule has 3 aromatic rings. The highest BCUT2D eigenvalue weighted by molar-refractivity contribution is 6.46. The molecule has 0 atom stereocenters. The number of carbonyl (C=O) groups is 2. The first-order valence-electron chi connectivity index (χ1n) is 11.4. The van der Waals surface area contributed by atoms with Gasteiger partial charge >= 0.3 is 0 Å². The third-order valence-corrected chi connectivity index (χ3v) is 5.44. The van der Waals surface area contributed by atoms with Crippen LogP contribution in [0.4, 0.5) is 11.4 Å². The number of anilines is 2. The third-order valence-electron chi connectivity index (χ3n) is 5.44. The molecule has 0 spiro atoms. The summed E-state index contributed by atoms with van der Waals surface area (Å²) in [6.45, 7) is 6.99. The van der Waals surface area contributed by atoms with Gasteiger partial charge in [-0.3, -0.25) is 9.59 Å². The van der Waals surface area contributed by atoms with Crippen molar-refractivity contribution in [2.75, 3.05) is 23.4 Å². The molecule has 0 unspecified atom stereocenters. The molecule has 6 nitrogen and oxygen atoms in total. The van der Waals surface area contributed by atoms with Gasteiger partial charge in [-0.1, -0.05) is 48.9 Å². The Hall–Kier alpha value is -4.06. The van der Waals surface area contributed by atoms with E-state index in [9.17, 15) is 9.59 Å². The number of carbonyl (C=O) groups excluding carboxylic acids is 2. The molecule has 1 aliphatic heterocycles. The number of hydrogen-bond donors (Lipinski definition) is 1. The number of benzene rings is 3. The van der Waals surface area contributed by atoms with Crippen molar-refractivity contribution < 1.29 is 19.1 Å². The van der Waals surface area contributed by atoms with Crippen molar-refractivity contribution in [3.05, 3.63) is 89.6 Å². The quantitative estimate of drug-likeness (QED) is 0.426. The topological polar surface area (TPSA) is 67.9 Å². The van der Waals surface area contributed by atoms with Crippen LogP contribution in [0.5, 0.6) is 11.5 Å². The highest BCUT2D eigenvalue weighted by Crippen LogP contribution is 2.36. The van der Waals surface area contributed by atoms with Gasteiger partial charge in [0, 0.05) is 0 Å². The normalized spacial score (nSPS) is 13.4. The van der Waals surface area contributed by atoms with Crippen molar-refractivity contribution in [1.29, 1.82) is 0 Å². The van der Waals surface area contributed by atoms with Gasteiger partial charge in [-0.25, -0.2) is 4.90 Å². The number of nitrogens with zero attached hydrogens (tertiary/aromatic N) is 1. The van der Waals surface area contributed by atoms with Gasteiger partial charge in [0.2, 0.25) is 0 Å². The monoisotopic (exact) mass is 456 g/mol. The number of rotatable bonds is 9. The number of nitrogens with one attached hydrogen (secondary N) is 1. The van der Waals surface area contributed by atoms with Gasteiger partial charge in [-0.15, -0.1) is 0 Å². The second-order valence-corrected chi connectivity index (χ2v) is 7.96. The van der Waals surface area contributed by atoms with Gasteiger partial charge < -0.3 is 14.8 Å². The lowest BCUT2D eigenvalue weighted by atomic mass is 10.0. The minimum atomic E-state index is -0.415. The predicted octanol–water partition coefficient (Wildman–Crippen LogP) is 5.58. The van der Waals surface area contributed by atoms with Crippen LogP contribution in [0.2, 0.25) is 0 Å². The lowest BCUT2D eigenvalue weighted by Gasteiger charge is -2.16. The Morgan fingerprint density at radius 1 is 0.824 bits per heavy atom. The molecule has 0 saturated heterocycles. The van der Waals surface area contributed by atoms with E-state index in [1.807, 2.05) is 69.3 Å². The van der Waals surface area contributed by atoms with Crippen LogP contribution in [0.15, 0.2) is 78.5 Å². The first kappa shape index (κ1) is 23.1. The summed E-state index contributed by atoms with van der Waals surface area (Å²) in [7, 11) is 0. The maximum absolute atomic E-state index is 13.6. The van der Waals surface area contributed by atoms with E-state index in [4.69, 9.17) is 9.47 Å². The Morgan fingerprint density at radius 2 is 1.53 bits per heavy atom. The van der Waals surface area contributed by atoms with Crippen molar-refractivity contribution >= 4 is 28.8 Å². The van der Waals surface area contributed by atoms with Crippen molar-refractivity contribution in [2.24, 2.45) is 0 Å². The van der Waals surface area contributed by atoms with Crippen LogP contribution in [0, 0.1) is 6.92 Å². The molecular formula is C28H28N2O4. The maximum atomic E-state index is 13.6. The smallest absolute Gasteiger partial charge is 0.282 e. The minimum absolute atomic E-state index is 0.208. The zero-order valence-corrected chi connectivity index (χ0v) is 19.6. The molecule has 4 rings (SSSR count). The standard InChI is InChI=1S/C28H28N2O4/c1-4-18-34-22-16-12-20(13-17-22)25-26(29-23-8-6-7-9-24(23)33-5-2)28(32)30(27(25)31)21-14-10-19(3)11-15-21/h6-17,29H,4-5,18H2,1-3H3. The van der Waals surface area contributed by atoms with Crippen molar-refractivity contribution in [2.45, 2.75) is 27.2 Å². The number of para-hydroxylation sites is 2. The van der Waals surface area contributed by atoms with E-state index >= 15 is 0 Å². The summed E-state index contributed by atoms with van der Waals surface area (Å²) in [5.41, 5.74) is 3.33.